The summed E-state index contributed by atoms with van der Waals surface area (Å²) in [5, 5.41) is 24.0. The van der Waals surface area contributed by atoms with E-state index < -0.39 is 6.03 Å². The van der Waals surface area contributed by atoms with Gasteiger partial charge < -0.3 is 20.8 Å². The molecule has 4 N–H and O–H groups in total. The molecule has 0 aliphatic carbocycles. The third kappa shape index (κ3) is 3.38. The number of hydrogen-bond acceptors (Lipinski definition) is 3. The average molecular weight is 258 g/mol. The number of aromatic hydroxyl groups is 2. The minimum absolute atomic E-state index is 0.00309. The van der Waals surface area contributed by atoms with Crippen molar-refractivity contribution in [2.24, 2.45) is 0 Å². The maximum absolute atomic E-state index is 11.7. The molecule has 0 heterocycles. The monoisotopic (exact) mass is 258 g/mol. The van der Waals surface area contributed by atoms with Crippen molar-refractivity contribution in [2.75, 3.05) is 10.6 Å². The summed E-state index contributed by atoms with van der Waals surface area (Å²) in [4.78, 5) is 11.7. The Bertz CT molecular complexity index is 611. The first-order valence-corrected chi connectivity index (χ1v) is 5.71. The lowest BCUT2D eigenvalue weighted by molar-refractivity contribution is 0.262. The van der Waals surface area contributed by atoms with Crippen molar-refractivity contribution in [1.29, 1.82) is 0 Å². The first kappa shape index (κ1) is 12.8. The summed E-state index contributed by atoms with van der Waals surface area (Å²) >= 11 is 0. The predicted molar refractivity (Wildman–Crippen MR) is 73.6 cm³/mol. The quantitative estimate of drug-likeness (QED) is 0.625. The fourth-order valence-corrected chi connectivity index (χ4v) is 1.62. The molecule has 5 heteroatoms. The van der Waals surface area contributed by atoms with Gasteiger partial charge >= 0.3 is 6.03 Å². The van der Waals surface area contributed by atoms with Crippen molar-refractivity contribution in [1.82, 2.24) is 0 Å². The Morgan fingerprint density at radius 3 is 2.58 bits per heavy atom. The van der Waals surface area contributed by atoms with E-state index in [1.165, 1.54) is 18.2 Å². The van der Waals surface area contributed by atoms with E-state index in [4.69, 9.17) is 0 Å². The van der Waals surface area contributed by atoms with Gasteiger partial charge in [0.05, 0.1) is 5.69 Å². The number of phenols is 2. The Labute approximate surface area is 110 Å². The normalized spacial score (nSPS) is 9.95. The number of benzene rings is 2. The summed E-state index contributed by atoms with van der Waals surface area (Å²) in [6.45, 7) is 1.86. The average Bonchev–Trinajstić information content (AvgIpc) is 2.34. The molecule has 0 atom stereocenters. The molecule has 0 radical (unpaired) electrons. The maximum Gasteiger partial charge on any atom is 0.323 e. The van der Waals surface area contributed by atoms with E-state index in [0.29, 0.717) is 11.4 Å². The van der Waals surface area contributed by atoms with Gasteiger partial charge in [0, 0.05) is 11.8 Å². The van der Waals surface area contributed by atoms with Gasteiger partial charge in [-0.25, -0.2) is 4.79 Å². The molecule has 19 heavy (non-hydrogen) atoms. The maximum atomic E-state index is 11.7. The van der Waals surface area contributed by atoms with Crippen LogP contribution < -0.4 is 10.6 Å². The molecule has 98 valence electrons. The molecule has 0 saturated carbocycles. The van der Waals surface area contributed by atoms with E-state index in [0.717, 1.165) is 5.56 Å². The zero-order chi connectivity index (χ0) is 13.8. The van der Waals surface area contributed by atoms with Gasteiger partial charge in [0.15, 0.2) is 0 Å². The number of nitrogens with one attached hydrogen (secondary N) is 2. The van der Waals surface area contributed by atoms with Crippen LogP contribution in [0.4, 0.5) is 16.2 Å². The van der Waals surface area contributed by atoms with Gasteiger partial charge in [-0.3, -0.25) is 0 Å². The second-order valence-corrected chi connectivity index (χ2v) is 4.15. The van der Waals surface area contributed by atoms with Crippen LogP contribution in [-0.4, -0.2) is 16.2 Å². The van der Waals surface area contributed by atoms with Crippen LogP contribution in [0.2, 0.25) is 0 Å². The fourth-order valence-electron chi connectivity index (χ4n) is 1.62. The number of phenolic OH excluding ortho intramolecular Hbond substituents is 2. The van der Waals surface area contributed by atoms with Crippen molar-refractivity contribution >= 4 is 17.4 Å². The molecule has 0 aliphatic heterocycles. The number of anilines is 2. The molecule has 0 spiro atoms. The van der Waals surface area contributed by atoms with Gasteiger partial charge in [0.25, 0.3) is 0 Å². The third-order valence-electron chi connectivity index (χ3n) is 2.50. The highest BCUT2D eigenvalue weighted by molar-refractivity contribution is 6.00. The van der Waals surface area contributed by atoms with E-state index in [1.54, 1.807) is 24.3 Å². The van der Waals surface area contributed by atoms with Gasteiger partial charge in [-0.05, 0) is 36.8 Å². The molecule has 5 nitrogen and oxygen atoms in total. The minimum Gasteiger partial charge on any atom is -0.508 e. The van der Waals surface area contributed by atoms with E-state index in [-0.39, 0.29) is 11.5 Å². The van der Waals surface area contributed by atoms with Gasteiger partial charge in [-0.1, -0.05) is 12.1 Å². The summed E-state index contributed by atoms with van der Waals surface area (Å²) in [6.07, 6.45) is 0. The van der Waals surface area contributed by atoms with Crippen molar-refractivity contribution in [2.45, 2.75) is 6.92 Å². The Morgan fingerprint density at radius 2 is 1.84 bits per heavy atom. The molecule has 2 rings (SSSR count). The SMILES string of the molecule is Cc1ccc(O)c(NC(=O)Nc2cccc(O)c2)c1. The molecule has 0 unspecified atom stereocenters. The molecular weight excluding hydrogens is 244 g/mol. The minimum atomic E-state index is -0.494. The number of rotatable bonds is 2. The lowest BCUT2D eigenvalue weighted by Gasteiger charge is -2.09. The summed E-state index contributed by atoms with van der Waals surface area (Å²) in [5.41, 5.74) is 1.72. The second-order valence-electron chi connectivity index (χ2n) is 4.15. The molecule has 0 bridgehead atoms. The van der Waals surface area contributed by atoms with Crippen LogP contribution in [-0.2, 0) is 0 Å². The van der Waals surface area contributed by atoms with Crippen LogP contribution in [0.25, 0.3) is 0 Å². The highest BCUT2D eigenvalue weighted by atomic mass is 16.3. The summed E-state index contributed by atoms with van der Waals surface area (Å²) in [6, 6.07) is 10.6. The molecule has 2 aromatic rings. The Hall–Kier alpha value is -2.69. The highest BCUT2D eigenvalue weighted by Gasteiger charge is 2.07. The van der Waals surface area contributed by atoms with Crippen molar-refractivity contribution in [3.05, 3.63) is 48.0 Å². The van der Waals surface area contributed by atoms with Crippen molar-refractivity contribution in [3.63, 3.8) is 0 Å². The van der Waals surface area contributed by atoms with E-state index in [2.05, 4.69) is 10.6 Å². The molecule has 0 fully saturated rings. The number of carbonyl (C=O) groups excluding carboxylic acids is 1. The number of amides is 2. The van der Waals surface area contributed by atoms with Crippen LogP contribution in [0, 0.1) is 6.92 Å². The molecule has 2 amide bonds. The van der Waals surface area contributed by atoms with Gasteiger partial charge in [-0.2, -0.15) is 0 Å². The molecular formula is C14H14N2O3. The number of urea groups is 1. The van der Waals surface area contributed by atoms with Gasteiger partial charge in [0.2, 0.25) is 0 Å². The van der Waals surface area contributed by atoms with E-state index >= 15 is 0 Å². The van der Waals surface area contributed by atoms with Crippen LogP contribution in [0.1, 0.15) is 5.56 Å². The van der Waals surface area contributed by atoms with E-state index in [9.17, 15) is 15.0 Å². The summed E-state index contributed by atoms with van der Waals surface area (Å²) in [5.74, 6) is 0.0628. The van der Waals surface area contributed by atoms with Crippen LogP contribution in [0.15, 0.2) is 42.5 Å². The summed E-state index contributed by atoms with van der Waals surface area (Å²) in [7, 11) is 0. The van der Waals surface area contributed by atoms with Gasteiger partial charge in [0.1, 0.15) is 11.5 Å². The van der Waals surface area contributed by atoms with Crippen LogP contribution in [0.5, 0.6) is 11.5 Å². The number of aryl methyl sites for hydroxylation is 1. The first-order valence-electron chi connectivity index (χ1n) is 5.71. The largest absolute Gasteiger partial charge is 0.508 e. The number of hydrogen-bond donors (Lipinski definition) is 4. The lowest BCUT2D eigenvalue weighted by Crippen LogP contribution is -2.19. The van der Waals surface area contributed by atoms with Crippen LogP contribution >= 0.6 is 0 Å². The zero-order valence-corrected chi connectivity index (χ0v) is 10.3. The van der Waals surface area contributed by atoms with Crippen LogP contribution in [0.3, 0.4) is 0 Å². The topological polar surface area (TPSA) is 81.6 Å². The van der Waals surface area contributed by atoms with Gasteiger partial charge in [-0.15, -0.1) is 0 Å². The van der Waals surface area contributed by atoms with E-state index in [1.807, 2.05) is 6.92 Å². The predicted octanol–water partition coefficient (Wildman–Crippen LogP) is 3.05. The Balaban J connectivity index is 2.07. The molecule has 0 saturated heterocycles. The second kappa shape index (κ2) is 5.30. The van der Waals surface area contributed by atoms with Crippen molar-refractivity contribution < 1.29 is 15.0 Å². The zero-order valence-electron chi connectivity index (χ0n) is 10.3. The summed E-state index contributed by atoms with van der Waals surface area (Å²) < 4.78 is 0. The molecule has 0 aliphatic rings. The Morgan fingerprint density at radius 1 is 1.05 bits per heavy atom. The standard InChI is InChI=1S/C14H14N2O3/c1-9-5-6-13(18)12(7-9)16-14(19)15-10-3-2-4-11(17)8-10/h2-8,17-18H,1H3,(H2,15,16,19). The highest BCUT2D eigenvalue weighted by Crippen LogP contribution is 2.24. The fraction of sp³-hybridized carbons (Fsp3) is 0.0714. The first-order chi connectivity index (χ1) is 9.04. The third-order valence-corrected chi connectivity index (χ3v) is 2.50. The smallest absolute Gasteiger partial charge is 0.323 e. The number of carbonyl (C=O) groups is 1. The molecule has 2 aromatic carbocycles. The lowest BCUT2D eigenvalue weighted by atomic mass is 10.2. The Kier molecular flexibility index (Phi) is 3.56. The molecule has 0 aromatic heterocycles. The van der Waals surface area contributed by atoms with Crippen molar-refractivity contribution in [3.8, 4) is 11.5 Å².